The smallest absolute Gasteiger partial charge is 0.258 e. The van der Waals surface area contributed by atoms with Crippen LogP contribution in [-0.2, 0) is 0 Å². The summed E-state index contributed by atoms with van der Waals surface area (Å²) in [5.41, 5.74) is 8.50. The summed E-state index contributed by atoms with van der Waals surface area (Å²) in [6, 6.07) is 10.2. The first-order valence-electron chi connectivity index (χ1n) is 9.82. The number of amides is 1. The summed E-state index contributed by atoms with van der Waals surface area (Å²) < 4.78 is 15.1. The number of aryl methyl sites for hydroxylation is 1. The Morgan fingerprint density at radius 2 is 1.89 bits per heavy atom. The number of nitrogens with one attached hydrogen (secondary N) is 2. The lowest BCUT2D eigenvalue weighted by atomic mass is 10.0. The molecule has 5 aromatic rings. The van der Waals surface area contributed by atoms with Crippen LogP contribution in [0.25, 0.3) is 21.0 Å². The van der Waals surface area contributed by atoms with E-state index >= 15 is 0 Å². The molecule has 0 saturated heterocycles. The summed E-state index contributed by atoms with van der Waals surface area (Å²) >= 11 is 7.22. The van der Waals surface area contributed by atoms with Gasteiger partial charge in [0.15, 0.2) is 5.82 Å². The van der Waals surface area contributed by atoms with Crippen molar-refractivity contribution in [1.29, 1.82) is 0 Å². The topological polar surface area (TPSA) is 106 Å². The molecule has 0 aliphatic heterocycles. The highest BCUT2D eigenvalue weighted by molar-refractivity contribution is 7.18. The van der Waals surface area contributed by atoms with Gasteiger partial charge in [-0.3, -0.25) is 4.79 Å². The van der Waals surface area contributed by atoms with E-state index in [0.29, 0.717) is 38.5 Å². The average Bonchev–Trinajstić information content (AvgIpc) is 3.24. The fourth-order valence-electron chi connectivity index (χ4n) is 3.57. The Hall–Kier alpha value is -3.24. The van der Waals surface area contributed by atoms with Gasteiger partial charge in [0.05, 0.1) is 32.2 Å². The molecule has 12 heteroatoms. The standard InChI is InChI=1S/C23H16ClFN6OS.2ClH/c1-11-5-6-13-12(7-8-27-22(13)30-16-4-2-3-15(24)17(16)25)18(11)31-23(32)14-9-33-20-19(14)28-10-29-21(20)26;;/h2-10H,1H3,(H,27,30)(H,31,32)(H2,26,28,29);2*1H. The lowest BCUT2D eigenvalue weighted by Gasteiger charge is -2.15. The van der Waals surface area contributed by atoms with Crippen LogP contribution in [0.4, 0.5) is 27.4 Å². The lowest BCUT2D eigenvalue weighted by molar-refractivity contribution is 0.102. The molecule has 4 N–H and O–H groups in total. The van der Waals surface area contributed by atoms with Gasteiger partial charge in [0.1, 0.15) is 18.0 Å². The number of nitrogen functional groups attached to an aromatic ring is 1. The minimum absolute atomic E-state index is 0. The van der Waals surface area contributed by atoms with Crippen molar-refractivity contribution in [3.8, 4) is 0 Å². The third-order valence-electron chi connectivity index (χ3n) is 5.22. The Labute approximate surface area is 220 Å². The molecule has 1 amide bonds. The van der Waals surface area contributed by atoms with Crippen LogP contribution in [-0.4, -0.2) is 20.9 Å². The van der Waals surface area contributed by atoms with Crippen molar-refractivity contribution in [3.63, 3.8) is 0 Å². The summed E-state index contributed by atoms with van der Waals surface area (Å²) in [6.45, 7) is 1.89. The third kappa shape index (κ3) is 4.81. The van der Waals surface area contributed by atoms with Crippen LogP contribution < -0.4 is 16.4 Å². The van der Waals surface area contributed by atoms with Gasteiger partial charge in [-0.25, -0.2) is 19.3 Å². The Morgan fingerprint density at radius 1 is 1.09 bits per heavy atom. The zero-order valence-electron chi connectivity index (χ0n) is 18.0. The number of pyridine rings is 1. The average molecular weight is 552 g/mol. The van der Waals surface area contributed by atoms with Crippen molar-refractivity contribution in [2.75, 3.05) is 16.4 Å². The van der Waals surface area contributed by atoms with Gasteiger partial charge in [-0.2, -0.15) is 0 Å². The number of thiophene rings is 1. The molecule has 0 aliphatic carbocycles. The second-order valence-electron chi connectivity index (χ2n) is 7.28. The lowest BCUT2D eigenvalue weighted by Crippen LogP contribution is -2.13. The molecule has 7 nitrogen and oxygen atoms in total. The van der Waals surface area contributed by atoms with Crippen molar-refractivity contribution in [1.82, 2.24) is 15.0 Å². The van der Waals surface area contributed by atoms with Gasteiger partial charge in [0.2, 0.25) is 0 Å². The molecule has 0 spiro atoms. The summed E-state index contributed by atoms with van der Waals surface area (Å²) in [5.74, 6) is -0.113. The Balaban J connectivity index is 0.00000171. The second-order valence-corrected chi connectivity index (χ2v) is 8.57. The first-order valence-corrected chi connectivity index (χ1v) is 11.1. The number of benzene rings is 2. The molecule has 3 heterocycles. The monoisotopic (exact) mass is 550 g/mol. The molecule has 5 rings (SSSR count). The molecular formula is C23H18Cl3FN6OS. The predicted molar refractivity (Wildman–Crippen MR) is 145 cm³/mol. The second kappa shape index (κ2) is 10.6. The number of anilines is 4. The number of carbonyl (C=O) groups excluding carboxylic acids is 1. The van der Waals surface area contributed by atoms with E-state index in [-0.39, 0.29) is 41.4 Å². The van der Waals surface area contributed by atoms with Gasteiger partial charge in [-0.15, -0.1) is 36.2 Å². The van der Waals surface area contributed by atoms with Crippen LogP contribution in [0.3, 0.4) is 0 Å². The molecule has 0 bridgehead atoms. The molecule has 0 saturated carbocycles. The number of halogens is 4. The third-order valence-corrected chi connectivity index (χ3v) is 6.51. The molecule has 3 aromatic heterocycles. The van der Waals surface area contributed by atoms with Gasteiger partial charge in [0, 0.05) is 22.3 Å². The summed E-state index contributed by atoms with van der Waals surface area (Å²) in [6.07, 6.45) is 2.93. The largest absolute Gasteiger partial charge is 0.382 e. The number of hydrogen-bond donors (Lipinski definition) is 3. The minimum atomic E-state index is -0.566. The van der Waals surface area contributed by atoms with E-state index in [9.17, 15) is 9.18 Å². The van der Waals surface area contributed by atoms with Crippen LogP contribution in [0, 0.1) is 12.7 Å². The van der Waals surface area contributed by atoms with E-state index < -0.39 is 5.82 Å². The molecular weight excluding hydrogens is 534 g/mol. The van der Waals surface area contributed by atoms with E-state index in [1.165, 1.54) is 23.7 Å². The highest BCUT2D eigenvalue weighted by Gasteiger charge is 2.18. The summed E-state index contributed by atoms with van der Waals surface area (Å²) in [7, 11) is 0. The van der Waals surface area contributed by atoms with Gasteiger partial charge < -0.3 is 16.4 Å². The van der Waals surface area contributed by atoms with Crippen LogP contribution in [0.1, 0.15) is 15.9 Å². The molecule has 180 valence electrons. The number of carbonyl (C=O) groups is 1. The zero-order valence-corrected chi connectivity index (χ0v) is 21.2. The summed E-state index contributed by atoms with van der Waals surface area (Å²) in [4.78, 5) is 25.7. The highest BCUT2D eigenvalue weighted by atomic mass is 35.5. The Morgan fingerprint density at radius 3 is 2.69 bits per heavy atom. The molecule has 0 atom stereocenters. The number of nitrogens with zero attached hydrogens (tertiary/aromatic N) is 3. The van der Waals surface area contributed by atoms with Gasteiger partial charge in [-0.05, 0) is 30.7 Å². The number of fused-ring (bicyclic) bond motifs is 2. The fourth-order valence-corrected chi connectivity index (χ4v) is 4.65. The van der Waals surface area contributed by atoms with Crippen LogP contribution in [0.5, 0.6) is 0 Å². The minimum Gasteiger partial charge on any atom is -0.382 e. The summed E-state index contributed by atoms with van der Waals surface area (Å²) in [5, 5.41) is 9.17. The first-order chi connectivity index (χ1) is 15.9. The Kier molecular flexibility index (Phi) is 7.97. The van der Waals surface area contributed by atoms with Crippen molar-refractivity contribution < 1.29 is 9.18 Å². The van der Waals surface area contributed by atoms with Gasteiger partial charge >= 0.3 is 0 Å². The maximum absolute atomic E-state index is 14.4. The number of rotatable bonds is 4. The van der Waals surface area contributed by atoms with E-state index in [1.54, 1.807) is 29.8 Å². The molecule has 0 radical (unpaired) electrons. The van der Waals surface area contributed by atoms with E-state index in [2.05, 4.69) is 25.6 Å². The molecule has 0 unspecified atom stereocenters. The molecule has 0 fully saturated rings. The predicted octanol–water partition coefficient (Wildman–Crippen LogP) is 6.76. The maximum Gasteiger partial charge on any atom is 0.258 e. The molecule has 2 aromatic carbocycles. The first kappa shape index (κ1) is 26.4. The van der Waals surface area contributed by atoms with Crippen LogP contribution in [0.15, 0.2) is 54.3 Å². The van der Waals surface area contributed by atoms with Gasteiger partial charge in [-0.1, -0.05) is 29.8 Å². The SMILES string of the molecule is Cc1ccc2c(Nc3cccc(Cl)c3F)nccc2c1NC(=O)c1csc2c(N)ncnc12.Cl.Cl. The highest BCUT2D eigenvalue weighted by Crippen LogP contribution is 2.34. The fraction of sp³-hybridized carbons (Fsp3) is 0.0435. The normalized spacial score (nSPS) is 10.5. The molecule has 0 aliphatic rings. The van der Waals surface area contributed by atoms with Gasteiger partial charge in [0.25, 0.3) is 5.91 Å². The number of hydrogen-bond acceptors (Lipinski definition) is 7. The molecule has 35 heavy (non-hydrogen) atoms. The van der Waals surface area contributed by atoms with E-state index in [0.717, 1.165) is 10.9 Å². The number of nitrogens with two attached hydrogens (primary N) is 1. The quantitative estimate of drug-likeness (QED) is 0.228. The Bertz CT molecular complexity index is 1560. The maximum atomic E-state index is 14.4. The van der Waals surface area contributed by atoms with E-state index in [1.807, 2.05) is 19.1 Å². The van der Waals surface area contributed by atoms with Crippen molar-refractivity contribution in [3.05, 3.63) is 76.3 Å². The number of aromatic nitrogens is 3. The van der Waals surface area contributed by atoms with Crippen molar-refractivity contribution in [2.45, 2.75) is 6.92 Å². The van der Waals surface area contributed by atoms with Crippen LogP contribution in [0.2, 0.25) is 5.02 Å². The van der Waals surface area contributed by atoms with Crippen molar-refractivity contribution in [2.24, 2.45) is 0 Å². The van der Waals surface area contributed by atoms with Crippen molar-refractivity contribution >= 4 is 97.7 Å². The zero-order chi connectivity index (χ0) is 23.1. The van der Waals surface area contributed by atoms with Crippen LogP contribution >= 0.6 is 47.8 Å². The van der Waals surface area contributed by atoms with E-state index in [4.69, 9.17) is 17.3 Å².